The quantitative estimate of drug-likeness (QED) is 0.842. The third-order valence-corrected chi connectivity index (χ3v) is 2.80. The number of anilines is 2. The molecule has 0 amide bonds. The molecule has 5 heteroatoms. The molecular weight excluding hydrogens is 266 g/mol. The Morgan fingerprint density at radius 3 is 2.32 bits per heavy atom. The average molecular weight is 278 g/mol. The van der Waals surface area contributed by atoms with Gasteiger partial charge in [-0.3, -0.25) is 0 Å². The van der Waals surface area contributed by atoms with Crippen molar-refractivity contribution in [3.8, 4) is 0 Å². The molecule has 0 heterocycles. The van der Waals surface area contributed by atoms with Crippen LogP contribution in [0.25, 0.3) is 0 Å². The minimum atomic E-state index is -0.647. The van der Waals surface area contributed by atoms with E-state index in [1.165, 1.54) is 12.1 Å². The molecule has 0 fully saturated rings. The molecule has 0 saturated carbocycles. The van der Waals surface area contributed by atoms with Crippen LogP contribution in [0, 0.1) is 18.6 Å². The molecule has 98 valence electrons. The Morgan fingerprint density at radius 1 is 1.11 bits per heavy atom. The van der Waals surface area contributed by atoms with Crippen molar-refractivity contribution in [1.29, 1.82) is 0 Å². The van der Waals surface area contributed by atoms with Crippen LogP contribution in [0.1, 0.15) is 11.1 Å². The highest BCUT2D eigenvalue weighted by Gasteiger charge is 2.07. The van der Waals surface area contributed by atoms with Crippen LogP contribution in [0.4, 0.5) is 20.2 Å². The summed E-state index contributed by atoms with van der Waals surface area (Å²) >= 11 is 4.97. The molecule has 2 aromatic rings. The Kier molecular flexibility index (Phi) is 3.76. The molecule has 0 aliphatic heterocycles. The van der Waals surface area contributed by atoms with Gasteiger partial charge < -0.3 is 11.1 Å². The molecule has 19 heavy (non-hydrogen) atoms. The first-order valence-electron chi connectivity index (χ1n) is 5.59. The molecule has 0 aromatic heterocycles. The smallest absolute Gasteiger partial charge is 0.128 e. The highest BCUT2D eigenvalue weighted by atomic mass is 32.1. The molecule has 2 aromatic carbocycles. The topological polar surface area (TPSA) is 38.0 Å². The maximum atomic E-state index is 13.1. The van der Waals surface area contributed by atoms with Crippen molar-refractivity contribution in [2.75, 3.05) is 5.32 Å². The molecule has 0 bridgehead atoms. The number of hydrogen-bond acceptors (Lipinski definition) is 2. The van der Waals surface area contributed by atoms with Crippen LogP contribution >= 0.6 is 12.2 Å². The standard InChI is InChI=1S/C14H12F2N2S/c1-8-2-3-13(12(4-8)14(17)19)18-11-6-9(15)5-10(16)7-11/h2-7,18H,1H3,(H2,17,19). The lowest BCUT2D eigenvalue weighted by molar-refractivity contribution is 0.584. The van der Waals surface area contributed by atoms with Crippen molar-refractivity contribution in [2.24, 2.45) is 5.73 Å². The number of halogens is 2. The predicted molar refractivity (Wildman–Crippen MR) is 76.7 cm³/mol. The van der Waals surface area contributed by atoms with E-state index in [-0.39, 0.29) is 4.99 Å². The van der Waals surface area contributed by atoms with Crippen molar-refractivity contribution < 1.29 is 8.78 Å². The van der Waals surface area contributed by atoms with E-state index < -0.39 is 11.6 Å². The summed E-state index contributed by atoms with van der Waals surface area (Å²) in [6.45, 7) is 1.91. The summed E-state index contributed by atoms with van der Waals surface area (Å²) in [6.07, 6.45) is 0. The molecule has 0 radical (unpaired) electrons. The van der Waals surface area contributed by atoms with Crippen molar-refractivity contribution >= 4 is 28.6 Å². The Bertz CT molecular complexity index is 621. The van der Waals surface area contributed by atoms with Crippen LogP contribution in [0.5, 0.6) is 0 Å². The van der Waals surface area contributed by atoms with Gasteiger partial charge in [0.25, 0.3) is 0 Å². The van der Waals surface area contributed by atoms with Crippen molar-refractivity contribution in [3.05, 3.63) is 59.2 Å². The van der Waals surface area contributed by atoms with Gasteiger partial charge in [0.15, 0.2) is 0 Å². The molecule has 0 aliphatic carbocycles. The Morgan fingerprint density at radius 2 is 1.74 bits per heavy atom. The summed E-state index contributed by atoms with van der Waals surface area (Å²) in [6, 6.07) is 8.67. The molecule has 0 saturated heterocycles. The largest absolute Gasteiger partial charge is 0.389 e. The van der Waals surface area contributed by atoms with E-state index in [0.29, 0.717) is 16.9 Å². The molecule has 2 nitrogen and oxygen atoms in total. The maximum Gasteiger partial charge on any atom is 0.128 e. The first-order chi connectivity index (χ1) is 8.95. The van der Waals surface area contributed by atoms with E-state index in [2.05, 4.69) is 5.32 Å². The molecule has 0 unspecified atom stereocenters. The maximum absolute atomic E-state index is 13.1. The van der Waals surface area contributed by atoms with E-state index >= 15 is 0 Å². The first-order valence-corrected chi connectivity index (χ1v) is 6.00. The van der Waals surface area contributed by atoms with E-state index in [0.717, 1.165) is 11.6 Å². The van der Waals surface area contributed by atoms with Crippen LogP contribution in [-0.4, -0.2) is 4.99 Å². The van der Waals surface area contributed by atoms with Gasteiger partial charge in [0.05, 0.1) is 0 Å². The summed E-state index contributed by atoms with van der Waals surface area (Å²) in [5, 5.41) is 2.92. The summed E-state index contributed by atoms with van der Waals surface area (Å²) in [7, 11) is 0. The number of rotatable bonds is 3. The Balaban J connectivity index is 2.40. The fraction of sp³-hybridized carbons (Fsp3) is 0.0714. The van der Waals surface area contributed by atoms with Gasteiger partial charge in [-0.15, -0.1) is 0 Å². The normalized spacial score (nSPS) is 10.3. The zero-order chi connectivity index (χ0) is 14.0. The molecule has 3 N–H and O–H groups in total. The second-order valence-corrected chi connectivity index (χ2v) is 4.64. The van der Waals surface area contributed by atoms with Crippen molar-refractivity contribution in [1.82, 2.24) is 0 Å². The van der Waals surface area contributed by atoms with Crippen molar-refractivity contribution in [3.63, 3.8) is 0 Å². The van der Waals surface area contributed by atoms with Gasteiger partial charge in [0, 0.05) is 23.0 Å². The average Bonchev–Trinajstić information content (AvgIpc) is 2.30. The predicted octanol–water partition coefficient (Wildman–Crippen LogP) is 3.65. The monoisotopic (exact) mass is 278 g/mol. The third kappa shape index (κ3) is 3.26. The first kappa shape index (κ1) is 13.4. The lowest BCUT2D eigenvalue weighted by atomic mass is 10.1. The van der Waals surface area contributed by atoms with Crippen LogP contribution in [0.2, 0.25) is 0 Å². The summed E-state index contributed by atoms with van der Waals surface area (Å²) in [5.41, 5.74) is 8.20. The van der Waals surface area contributed by atoms with Gasteiger partial charge in [0.2, 0.25) is 0 Å². The molecular formula is C14H12F2N2S. The van der Waals surface area contributed by atoms with E-state index in [4.69, 9.17) is 18.0 Å². The van der Waals surface area contributed by atoms with Crippen LogP contribution < -0.4 is 11.1 Å². The molecule has 0 atom stereocenters. The number of benzene rings is 2. The Labute approximate surface area is 115 Å². The third-order valence-electron chi connectivity index (χ3n) is 2.58. The van der Waals surface area contributed by atoms with Gasteiger partial charge in [-0.1, -0.05) is 23.8 Å². The molecule has 0 spiro atoms. The number of aryl methyl sites for hydroxylation is 1. The van der Waals surface area contributed by atoms with E-state index in [1.807, 2.05) is 19.1 Å². The van der Waals surface area contributed by atoms with Gasteiger partial charge in [-0.2, -0.15) is 0 Å². The van der Waals surface area contributed by atoms with Gasteiger partial charge in [-0.05, 0) is 31.2 Å². The van der Waals surface area contributed by atoms with Crippen molar-refractivity contribution in [2.45, 2.75) is 6.92 Å². The zero-order valence-electron chi connectivity index (χ0n) is 10.2. The summed E-state index contributed by atoms with van der Waals surface area (Å²) in [5.74, 6) is -1.29. The summed E-state index contributed by atoms with van der Waals surface area (Å²) < 4.78 is 26.2. The fourth-order valence-corrected chi connectivity index (χ4v) is 1.92. The minimum Gasteiger partial charge on any atom is -0.389 e. The highest BCUT2D eigenvalue weighted by molar-refractivity contribution is 7.80. The number of hydrogen-bond donors (Lipinski definition) is 2. The van der Waals surface area contributed by atoms with Gasteiger partial charge in [0.1, 0.15) is 16.6 Å². The van der Waals surface area contributed by atoms with Crippen LogP contribution in [-0.2, 0) is 0 Å². The zero-order valence-corrected chi connectivity index (χ0v) is 11.0. The van der Waals surface area contributed by atoms with Crippen LogP contribution in [0.3, 0.4) is 0 Å². The number of nitrogens with two attached hydrogens (primary N) is 1. The Hall–Kier alpha value is -2.01. The minimum absolute atomic E-state index is 0.225. The lowest BCUT2D eigenvalue weighted by Crippen LogP contribution is -2.12. The fourth-order valence-electron chi connectivity index (χ4n) is 1.75. The molecule has 2 rings (SSSR count). The molecule has 0 aliphatic rings. The van der Waals surface area contributed by atoms with Gasteiger partial charge >= 0.3 is 0 Å². The lowest BCUT2D eigenvalue weighted by Gasteiger charge is -2.12. The number of nitrogens with one attached hydrogen (secondary N) is 1. The van der Waals surface area contributed by atoms with Gasteiger partial charge in [-0.25, -0.2) is 8.78 Å². The second-order valence-electron chi connectivity index (χ2n) is 4.20. The van der Waals surface area contributed by atoms with E-state index in [9.17, 15) is 8.78 Å². The van der Waals surface area contributed by atoms with E-state index in [1.54, 1.807) is 6.07 Å². The number of thiocarbonyl (C=S) groups is 1. The van der Waals surface area contributed by atoms with Crippen LogP contribution in [0.15, 0.2) is 36.4 Å². The summed E-state index contributed by atoms with van der Waals surface area (Å²) in [4.78, 5) is 0.225. The highest BCUT2D eigenvalue weighted by Crippen LogP contribution is 2.23. The second kappa shape index (κ2) is 5.32. The SMILES string of the molecule is Cc1ccc(Nc2cc(F)cc(F)c2)c(C(N)=S)c1.